The number of halogens is 2. The van der Waals surface area contributed by atoms with Gasteiger partial charge in [-0.3, -0.25) is 9.10 Å². The molecule has 6 nitrogen and oxygen atoms in total. The third-order valence-electron chi connectivity index (χ3n) is 3.24. The van der Waals surface area contributed by atoms with E-state index in [0.29, 0.717) is 11.4 Å². The van der Waals surface area contributed by atoms with Crippen LogP contribution in [0.1, 0.15) is 0 Å². The van der Waals surface area contributed by atoms with Crippen LogP contribution in [0.4, 0.5) is 11.4 Å². The van der Waals surface area contributed by atoms with Crippen molar-refractivity contribution in [2.75, 3.05) is 29.5 Å². The van der Waals surface area contributed by atoms with Crippen molar-refractivity contribution in [3.05, 3.63) is 51.1 Å². The number of rotatable bonds is 6. The van der Waals surface area contributed by atoms with E-state index in [9.17, 15) is 13.2 Å². The molecule has 0 saturated heterocycles. The predicted molar refractivity (Wildman–Crippen MR) is 108 cm³/mol. The molecule has 2 rings (SSSR count). The Hall–Kier alpha value is -1.52. The number of anilines is 2. The number of carbonyl (C=O) groups excluding carboxylic acids is 1. The average Bonchev–Trinajstić information content (AvgIpc) is 2.53. The molecular weight excluding hydrogens is 479 g/mol. The van der Waals surface area contributed by atoms with Crippen molar-refractivity contribution in [2.24, 2.45) is 0 Å². The molecule has 0 spiro atoms. The number of nitrogens with zero attached hydrogens (tertiary/aromatic N) is 1. The number of carbonyl (C=O) groups is 1. The number of hydrogen-bond donors (Lipinski definition) is 1. The quantitative estimate of drug-likeness (QED) is 0.625. The number of hydrogen-bond acceptors (Lipinski definition) is 4. The molecule has 1 N–H and O–H groups in total. The van der Waals surface area contributed by atoms with E-state index in [4.69, 9.17) is 16.3 Å². The summed E-state index contributed by atoms with van der Waals surface area (Å²) in [6.45, 7) is -0.368. The van der Waals surface area contributed by atoms with Gasteiger partial charge < -0.3 is 10.1 Å². The van der Waals surface area contributed by atoms with Gasteiger partial charge in [0.15, 0.2) is 0 Å². The number of benzene rings is 2. The number of amides is 1. The molecule has 0 aliphatic rings. The molecule has 2 aromatic rings. The van der Waals surface area contributed by atoms with E-state index in [1.165, 1.54) is 19.2 Å². The van der Waals surface area contributed by atoms with Gasteiger partial charge in [-0.15, -0.1) is 0 Å². The van der Waals surface area contributed by atoms with Crippen LogP contribution in [0.2, 0.25) is 5.02 Å². The van der Waals surface area contributed by atoms with Crippen LogP contribution in [0, 0.1) is 3.57 Å². The van der Waals surface area contributed by atoms with Gasteiger partial charge in [-0.05, 0) is 65.1 Å². The maximum absolute atomic E-state index is 12.3. The first kappa shape index (κ1) is 19.8. The minimum Gasteiger partial charge on any atom is -0.495 e. The first-order chi connectivity index (χ1) is 11.7. The third-order valence-corrected chi connectivity index (χ3v) is 5.39. The number of ether oxygens (including phenoxy) is 1. The monoisotopic (exact) mass is 494 g/mol. The lowest BCUT2D eigenvalue weighted by molar-refractivity contribution is -0.114. The van der Waals surface area contributed by atoms with E-state index < -0.39 is 15.9 Å². The lowest BCUT2D eigenvalue weighted by atomic mass is 10.3. The first-order valence-electron chi connectivity index (χ1n) is 7.07. The molecule has 0 aliphatic heterocycles. The summed E-state index contributed by atoms with van der Waals surface area (Å²) in [4.78, 5) is 12.3. The number of methoxy groups -OCH3 is 1. The minimum atomic E-state index is -3.68. The zero-order valence-corrected chi connectivity index (χ0v) is 17.2. The molecule has 134 valence electrons. The van der Waals surface area contributed by atoms with Crippen LogP contribution in [0.3, 0.4) is 0 Å². The average molecular weight is 495 g/mol. The highest BCUT2D eigenvalue weighted by atomic mass is 127. The Morgan fingerprint density at radius 1 is 1.24 bits per heavy atom. The van der Waals surface area contributed by atoms with Gasteiger partial charge in [0.1, 0.15) is 12.3 Å². The second-order valence-electron chi connectivity index (χ2n) is 5.14. The molecule has 0 heterocycles. The first-order valence-corrected chi connectivity index (χ1v) is 10.4. The zero-order valence-electron chi connectivity index (χ0n) is 13.5. The van der Waals surface area contributed by atoms with Crippen LogP contribution in [0.5, 0.6) is 5.75 Å². The van der Waals surface area contributed by atoms with E-state index in [-0.39, 0.29) is 17.3 Å². The second-order valence-corrected chi connectivity index (χ2v) is 8.70. The molecule has 0 saturated carbocycles. The molecule has 2 aromatic carbocycles. The topological polar surface area (TPSA) is 75.7 Å². The molecular formula is C16H16ClIN2O4S. The van der Waals surface area contributed by atoms with Crippen molar-refractivity contribution < 1.29 is 17.9 Å². The lowest BCUT2D eigenvalue weighted by Gasteiger charge is -2.22. The Labute approximate surface area is 165 Å². The summed E-state index contributed by atoms with van der Waals surface area (Å²) < 4.78 is 31.3. The van der Waals surface area contributed by atoms with Crippen LogP contribution in [-0.4, -0.2) is 34.2 Å². The molecule has 0 atom stereocenters. The van der Waals surface area contributed by atoms with Crippen LogP contribution < -0.4 is 14.4 Å². The Bertz CT molecular complexity index is 872. The molecule has 0 fully saturated rings. The summed E-state index contributed by atoms with van der Waals surface area (Å²) in [6.07, 6.45) is 1.03. The van der Waals surface area contributed by atoms with Crippen LogP contribution in [0.25, 0.3) is 0 Å². The van der Waals surface area contributed by atoms with E-state index >= 15 is 0 Å². The van der Waals surface area contributed by atoms with Gasteiger partial charge in [-0.25, -0.2) is 8.42 Å². The molecule has 25 heavy (non-hydrogen) atoms. The Balaban J connectivity index is 2.22. The lowest BCUT2D eigenvalue weighted by Crippen LogP contribution is -2.37. The van der Waals surface area contributed by atoms with Gasteiger partial charge in [0.25, 0.3) is 0 Å². The number of nitrogens with one attached hydrogen (secondary N) is 1. The Kier molecular flexibility index (Phi) is 6.53. The normalized spacial score (nSPS) is 11.0. The van der Waals surface area contributed by atoms with Gasteiger partial charge in [-0.2, -0.15) is 0 Å². The fourth-order valence-corrected chi connectivity index (χ4v) is 3.53. The highest BCUT2D eigenvalue weighted by Gasteiger charge is 2.22. The van der Waals surface area contributed by atoms with Crippen molar-refractivity contribution >= 4 is 61.5 Å². The SMILES string of the molecule is COc1ccc(N(CC(=O)Nc2ccc(I)cc2)S(C)(=O)=O)cc1Cl. The highest BCUT2D eigenvalue weighted by Crippen LogP contribution is 2.30. The summed E-state index contributed by atoms with van der Waals surface area (Å²) in [5.41, 5.74) is 0.873. The smallest absolute Gasteiger partial charge is 0.245 e. The number of sulfonamides is 1. The van der Waals surface area contributed by atoms with Crippen molar-refractivity contribution in [3.63, 3.8) is 0 Å². The highest BCUT2D eigenvalue weighted by molar-refractivity contribution is 14.1. The molecule has 1 amide bonds. The Morgan fingerprint density at radius 3 is 2.40 bits per heavy atom. The fraction of sp³-hybridized carbons (Fsp3) is 0.188. The Morgan fingerprint density at radius 2 is 1.88 bits per heavy atom. The zero-order chi connectivity index (χ0) is 18.6. The van der Waals surface area contributed by atoms with E-state index in [1.54, 1.807) is 18.2 Å². The van der Waals surface area contributed by atoms with Gasteiger partial charge >= 0.3 is 0 Å². The van der Waals surface area contributed by atoms with E-state index in [0.717, 1.165) is 14.1 Å². The van der Waals surface area contributed by atoms with Crippen LogP contribution >= 0.6 is 34.2 Å². The summed E-state index contributed by atoms with van der Waals surface area (Å²) in [6, 6.07) is 11.7. The molecule has 0 aromatic heterocycles. The van der Waals surface area contributed by atoms with Gasteiger partial charge in [0.2, 0.25) is 15.9 Å². The van der Waals surface area contributed by atoms with Crippen LogP contribution in [-0.2, 0) is 14.8 Å². The van der Waals surface area contributed by atoms with Crippen molar-refractivity contribution in [2.45, 2.75) is 0 Å². The largest absolute Gasteiger partial charge is 0.495 e. The predicted octanol–water partition coefficient (Wildman–Crippen LogP) is 3.36. The molecule has 9 heteroatoms. The summed E-state index contributed by atoms with van der Waals surface area (Å²) in [5.74, 6) is -0.0409. The van der Waals surface area contributed by atoms with Gasteiger partial charge in [0.05, 0.1) is 24.1 Å². The molecule has 0 unspecified atom stereocenters. The molecule has 0 bridgehead atoms. The van der Waals surface area contributed by atoms with E-state index in [1.807, 2.05) is 12.1 Å². The maximum Gasteiger partial charge on any atom is 0.245 e. The minimum absolute atomic E-state index is 0.256. The van der Waals surface area contributed by atoms with E-state index in [2.05, 4.69) is 27.9 Å². The fourth-order valence-electron chi connectivity index (χ4n) is 2.07. The maximum atomic E-state index is 12.3. The van der Waals surface area contributed by atoms with Gasteiger partial charge in [0, 0.05) is 9.26 Å². The summed E-state index contributed by atoms with van der Waals surface area (Å²) in [7, 11) is -2.21. The summed E-state index contributed by atoms with van der Waals surface area (Å²) >= 11 is 8.21. The van der Waals surface area contributed by atoms with Crippen LogP contribution in [0.15, 0.2) is 42.5 Å². The second kappa shape index (κ2) is 8.24. The van der Waals surface area contributed by atoms with Crippen molar-refractivity contribution in [1.82, 2.24) is 0 Å². The molecule has 0 aliphatic carbocycles. The van der Waals surface area contributed by atoms with Gasteiger partial charge in [-0.1, -0.05) is 11.6 Å². The standard InChI is InChI=1S/C16H16ClIN2O4S/c1-24-15-8-7-13(9-14(15)17)20(25(2,22)23)10-16(21)19-12-5-3-11(18)4-6-12/h3-9H,10H2,1-2H3,(H,19,21). The summed E-state index contributed by atoms with van der Waals surface area (Å²) in [5, 5.41) is 2.93. The molecule has 0 radical (unpaired) electrons. The third kappa shape index (κ3) is 5.48. The van der Waals surface area contributed by atoms with Crippen molar-refractivity contribution in [1.29, 1.82) is 0 Å². The van der Waals surface area contributed by atoms with Crippen molar-refractivity contribution in [3.8, 4) is 5.75 Å².